The molecule has 0 aliphatic rings. The minimum atomic E-state index is -0.360. The maximum Gasteiger partial charge on any atom is 0.274 e. The minimum absolute atomic E-state index is 0.360. The van der Waals surface area contributed by atoms with Crippen molar-refractivity contribution in [1.29, 1.82) is 0 Å². The fourth-order valence-corrected chi connectivity index (χ4v) is 4.68. The molecule has 3 N–H and O–H groups in total. The van der Waals surface area contributed by atoms with Crippen LogP contribution in [0.15, 0.2) is 66.9 Å². The van der Waals surface area contributed by atoms with Crippen molar-refractivity contribution in [3.63, 3.8) is 0 Å². The highest BCUT2D eigenvalue weighted by atomic mass is 16.5. The lowest BCUT2D eigenvalue weighted by Gasteiger charge is -2.23. The van der Waals surface area contributed by atoms with Gasteiger partial charge in [0.2, 0.25) is 0 Å². The monoisotopic (exact) mass is 499 g/mol. The highest BCUT2D eigenvalue weighted by Gasteiger charge is 2.21. The van der Waals surface area contributed by atoms with Crippen molar-refractivity contribution in [1.82, 2.24) is 10.6 Å². The summed E-state index contributed by atoms with van der Waals surface area (Å²) in [5.74, 6) is 0.316. The van der Waals surface area contributed by atoms with E-state index in [9.17, 15) is 14.8 Å². The number of carbonyl (C=O) groups is 2. The number of hydrazine groups is 1. The molecule has 0 bridgehead atoms. The van der Waals surface area contributed by atoms with Crippen molar-refractivity contribution in [2.75, 3.05) is 12.1 Å². The highest BCUT2D eigenvalue weighted by Crippen LogP contribution is 2.30. The number of H-pyrrole nitrogens is 1. The standard InChI is InChI=1S/C30H33N3O4/c1-21-18-25(11-13-27(21)24-10-9-22-15-16-31-29(22)20-24)33(32-36)30(35)28-14-12-26(37-2)19-23(28)8-6-4-3-5-7-17-34/h9-20,31-32,36H,3-8H2,1-2H3. The first-order chi connectivity index (χ1) is 18.0. The van der Waals surface area contributed by atoms with Crippen LogP contribution in [-0.2, 0) is 11.2 Å². The van der Waals surface area contributed by atoms with E-state index in [1.165, 1.54) is 0 Å². The van der Waals surface area contributed by atoms with Crippen LogP contribution >= 0.6 is 0 Å². The molecule has 192 valence electrons. The van der Waals surface area contributed by atoms with Crippen LogP contribution in [0.25, 0.3) is 22.0 Å². The van der Waals surface area contributed by atoms with Gasteiger partial charge in [0.1, 0.15) is 12.0 Å². The number of fused-ring (bicyclic) bond motifs is 1. The van der Waals surface area contributed by atoms with Gasteiger partial charge in [0.05, 0.1) is 12.8 Å². The zero-order chi connectivity index (χ0) is 26.2. The number of aldehydes is 1. The van der Waals surface area contributed by atoms with Crippen molar-refractivity contribution in [3.8, 4) is 16.9 Å². The molecular formula is C30H33N3O4. The van der Waals surface area contributed by atoms with Gasteiger partial charge in [-0.25, -0.2) is 5.01 Å². The Balaban J connectivity index is 1.56. The Bertz CT molecular complexity index is 1380. The summed E-state index contributed by atoms with van der Waals surface area (Å²) in [5.41, 5.74) is 8.12. The Morgan fingerprint density at radius 3 is 2.62 bits per heavy atom. The first-order valence-electron chi connectivity index (χ1n) is 12.6. The zero-order valence-corrected chi connectivity index (χ0v) is 21.3. The number of benzene rings is 3. The van der Waals surface area contributed by atoms with Gasteiger partial charge in [-0.15, -0.1) is 5.59 Å². The smallest absolute Gasteiger partial charge is 0.274 e. The number of rotatable bonds is 12. The molecule has 0 unspecified atom stereocenters. The molecule has 0 saturated heterocycles. The Hall–Kier alpha value is -3.94. The SMILES string of the molecule is COc1ccc(C(=O)N(NO)c2ccc(-c3ccc4cc[nH]c4c3)c(C)c2)c(CCCCCCC=O)c1. The first kappa shape index (κ1) is 26.1. The summed E-state index contributed by atoms with van der Waals surface area (Å²) in [4.78, 5) is 27.3. The average molecular weight is 500 g/mol. The van der Waals surface area contributed by atoms with E-state index in [1.54, 1.807) is 19.2 Å². The van der Waals surface area contributed by atoms with Gasteiger partial charge in [-0.2, -0.15) is 0 Å². The van der Waals surface area contributed by atoms with E-state index in [4.69, 9.17) is 4.74 Å². The Morgan fingerprint density at radius 2 is 1.86 bits per heavy atom. The maximum atomic E-state index is 13.6. The van der Waals surface area contributed by atoms with Crippen molar-refractivity contribution in [2.24, 2.45) is 0 Å². The normalized spacial score (nSPS) is 11.0. The second kappa shape index (κ2) is 12.3. The van der Waals surface area contributed by atoms with Gasteiger partial charge < -0.3 is 14.5 Å². The quantitative estimate of drug-likeness (QED) is 0.119. The summed E-state index contributed by atoms with van der Waals surface area (Å²) in [6.45, 7) is 1.99. The molecule has 4 rings (SSSR count). The van der Waals surface area contributed by atoms with Crippen LogP contribution in [-0.4, -0.2) is 29.5 Å². The molecule has 0 aliphatic carbocycles. The van der Waals surface area contributed by atoms with Crippen molar-refractivity contribution in [2.45, 2.75) is 45.4 Å². The first-order valence-corrected chi connectivity index (χ1v) is 12.6. The van der Waals surface area contributed by atoms with Gasteiger partial charge in [-0.1, -0.05) is 31.0 Å². The maximum absolute atomic E-state index is 13.6. The molecule has 7 heteroatoms. The fourth-order valence-electron chi connectivity index (χ4n) is 4.68. The molecule has 0 atom stereocenters. The predicted octanol–water partition coefficient (Wildman–Crippen LogP) is 6.38. The summed E-state index contributed by atoms with van der Waals surface area (Å²) in [6, 6.07) is 19.3. The van der Waals surface area contributed by atoms with E-state index >= 15 is 0 Å². The predicted molar refractivity (Wildman–Crippen MR) is 146 cm³/mol. The topological polar surface area (TPSA) is 94.7 Å². The Morgan fingerprint density at radius 1 is 1.03 bits per heavy atom. The Kier molecular flexibility index (Phi) is 8.72. The van der Waals surface area contributed by atoms with Crippen LogP contribution < -0.4 is 15.3 Å². The third-order valence-corrected chi connectivity index (χ3v) is 6.70. The second-order valence-electron chi connectivity index (χ2n) is 9.16. The van der Waals surface area contributed by atoms with E-state index in [0.717, 1.165) is 70.1 Å². The highest BCUT2D eigenvalue weighted by molar-refractivity contribution is 6.06. The molecule has 0 spiro atoms. The number of amides is 1. The number of carbonyl (C=O) groups excluding carboxylic acids is 2. The number of aryl methyl sites for hydroxylation is 2. The molecule has 3 aromatic carbocycles. The number of methoxy groups -OCH3 is 1. The average Bonchev–Trinajstić information content (AvgIpc) is 3.39. The molecule has 7 nitrogen and oxygen atoms in total. The summed E-state index contributed by atoms with van der Waals surface area (Å²) < 4.78 is 5.38. The zero-order valence-electron chi connectivity index (χ0n) is 21.3. The molecule has 1 amide bonds. The lowest BCUT2D eigenvalue weighted by Crippen LogP contribution is -2.41. The van der Waals surface area contributed by atoms with Gasteiger partial charge in [0, 0.05) is 23.7 Å². The summed E-state index contributed by atoms with van der Waals surface area (Å²) in [5, 5.41) is 12.3. The van der Waals surface area contributed by atoms with Gasteiger partial charge >= 0.3 is 0 Å². The number of aromatic nitrogens is 1. The Labute approximate surface area is 217 Å². The van der Waals surface area contributed by atoms with Crippen LogP contribution in [0, 0.1) is 6.92 Å². The van der Waals surface area contributed by atoms with Crippen molar-refractivity contribution in [3.05, 3.63) is 83.6 Å². The minimum Gasteiger partial charge on any atom is -0.497 e. The van der Waals surface area contributed by atoms with E-state index in [0.29, 0.717) is 29.8 Å². The number of anilines is 1. The van der Waals surface area contributed by atoms with Crippen LogP contribution in [0.3, 0.4) is 0 Å². The largest absolute Gasteiger partial charge is 0.497 e. The third-order valence-electron chi connectivity index (χ3n) is 6.70. The molecule has 0 radical (unpaired) electrons. The number of unbranched alkanes of at least 4 members (excludes halogenated alkanes) is 4. The molecule has 0 aliphatic heterocycles. The molecule has 37 heavy (non-hydrogen) atoms. The molecule has 0 saturated carbocycles. The number of nitrogens with one attached hydrogen (secondary N) is 2. The number of aromatic amines is 1. The van der Waals surface area contributed by atoms with Gasteiger partial charge in [-0.3, -0.25) is 10.0 Å². The summed E-state index contributed by atoms with van der Waals surface area (Å²) >= 11 is 0. The van der Waals surface area contributed by atoms with Crippen molar-refractivity contribution < 1.29 is 19.5 Å². The lowest BCUT2D eigenvalue weighted by atomic mass is 9.98. The molecule has 0 fully saturated rings. The van der Waals surface area contributed by atoms with Crippen LogP contribution in [0.4, 0.5) is 5.69 Å². The number of hydrogen-bond acceptors (Lipinski definition) is 5. The second-order valence-corrected chi connectivity index (χ2v) is 9.16. The van der Waals surface area contributed by atoms with Gasteiger partial charge in [0.15, 0.2) is 0 Å². The van der Waals surface area contributed by atoms with Crippen LogP contribution in [0.1, 0.15) is 53.6 Å². The van der Waals surface area contributed by atoms with E-state index in [-0.39, 0.29) is 5.91 Å². The molecule has 1 aromatic heterocycles. The molecule has 1 heterocycles. The van der Waals surface area contributed by atoms with E-state index in [2.05, 4.69) is 28.8 Å². The summed E-state index contributed by atoms with van der Waals surface area (Å²) in [6.07, 6.45) is 7.85. The van der Waals surface area contributed by atoms with Crippen LogP contribution in [0.5, 0.6) is 5.75 Å². The fraction of sp³-hybridized carbons (Fsp3) is 0.267. The lowest BCUT2D eigenvalue weighted by molar-refractivity contribution is -0.107. The van der Waals surface area contributed by atoms with Gasteiger partial charge in [-0.05, 0) is 96.3 Å². The van der Waals surface area contributed by atoms with Gasteiger partial charge in [0.25, 0.3) is 5.91 Å². The van der Waals surface area contributed by atoms with Crippen molar-refractivity contribution >= 4 is 28.8 Å². The number of ether oxygens (including phenoxy) is 1. The number of hydrogen-bond donors (Lipinski definition) is 3. The molecular weight excluding hydrogens is 466 g/mol. The number of nitrogens with zero attached hydrogens (tertiary/aromatic N) is 1. The summed E-state index contributed by atoms with van der Waals surface area (Å²) in [7, 11) is 1.60. The van der Waals surface area contributed by atoms with Crippen LogP contribution in [0.2, 0.25) is 0 Å². The molecule has 4 aromatic rings. The van der Waals surface area contributed by atoms with E-state index in [1.807, 2.05) is 43.5 Å². The van der Waals surface area contributed by atoms with E-state index < -0.39 is 0 Å². The third kappa shape index (κ3) is 6.07.